The normalized spacial score (nSPS) is 19.8. The van der Waals surface area contributed by atoms with E-state index in [1.54, 1.807) is 0 Å². The highest BCUT2D eigenvalue weighted by molar-refractivity contribution is 7.91. The lowest BCUT2D eigenvalue weighted by molar-refractivity contribution is 0.284. The molecule has 1 fully saturated rings. The third-order valence-electron chi connectivity index (χ3n) is 2.90. The van der Waals surface area contributed by atoms with Crippen molar-refractivity contribution < 1.29 is 8.42 Å². The molecule has 6 nitrogen and oxygen atoms in total. The van der Waals surface area contributed by atoms with Crippen molar-refractivity contribution in [1.29, 1.82) is 0 Å². The van der Waals surface area contributed by atoms with E-state index in [1.165, 1.54) is 11.5 Å². The Kier molecular flexibility index (Phi) is 4.52. The molecule has 0 atom stereocenters. The van der Waals surface area contributed by atoms with Gasteiger partial charge in [-0.05, 0) is 6.42 Å². The molecular weight excluding hydrogens is 272 g/mol. The number of nitrogens with zero attached hydrogens (tertiary/aromatic N) is 3. The molecule has 2 heterocycles. The molecule has 1 aromatic rings. The lowest BCUT2D eigenvalue weighted by Gasteiger charge is -2.25. The highest BCUT2D eigenvalue weighted by Gasteiger charge is 2.23. The molecule has 1 saturated heterocycles. The SMILES string of the molecule is CCCNc1snnc1CN1CCS(=O)(=O)CC1. The summed E-state index contributed by atoms with van der Waals surface area (Å²) < 4.78 is 26.6. The molecule has 0 aliphatic carbocycles. The van der Waals surface area contributed by atoms with Crippen LogP contribution in [0.25, 0.3) is 0 Å². The quantitative estimate of drug-likeness (QED) is 0.855. The van der Waals surface area contributed by atoms with E-state index in [4.69, 9.17) is 0 Å². The zero-order chi connectivity index (χ0) is 13.0. The summed E-state index contributed by atoms with van der Waals surface area (Å²) in [6.07, 6.45) is 1.05. The maximum atomic E-state index is 11.3. The molecule has 1 N–H and O–H groups in total. The molecule has 102 valence electrons. The lowest BCUT2D eigenvalue weighted by Crippen LogP contribution is -2.39. The molecule has 0 bridgehead atoms. The van der Waals surface area contributed by atoms with Crippen molar-refractivity contribution in [3.05, 3.63) is 5.69 Å². The summed E-state index contributed by atoms with van der Waals surface area (Å²) in [5.41, 5.74) is 0.924. The van der Waals surface area contributed by atoms with Crippen LogP contribution in [0, 0.1) is 0 Å². The van der Waals surface area contributed by atoms with Gasteiger partial charge in [-0.3, -0.25) is 4.90 Å². The number of anilines is 1. The summed E-state index contributed by atoms with van der Waals surface area (Å²) in [6, 6.07) is 0. The van der Waals surface area contributed by atoms with Gasteiger partial charge in [-0.15, -0.1) is 5.10 Å². The van der Waals surface area contributed by atoms with Crippen LogP contribution in [0.3, 0.4) is 0 Å². The average Bonchev–Trinajstić information content (AvgIpc) is 2.77. The molecule has 1 aliphatic rings. The molecule has 0 amide bonds. The highest BCUT2D eigenvalue weighted by atomic mass is 32.2. The number of sulfone groups is 1. The largest absolute Gasteiger partial charge is 0.374 e. The summed E-state index contributed by atoms with van der Waals surface area (Å²) in [4.78, 5) is 2.12. The monoisotopic (exact) mass is 290 g/mol. The van der Waals surface area contributed by atoms with Gasteiger partial charge in [0.15, 0.2) is 9.84 Å². The van der Waals surface area contributed by atoms with Gasteiger partial charge in [-0.25, -0.2) is 8.42 Å². The second-order valence-electron chi connectivity index (χ2n) is 4.40. The lowest BCUT2D eigenvalue weighted by atomic mass is 10.3. The Morgan fingerprint density at radius 2 is 2.11 bits per heavy atom. The summed E-state index contributed by atoms with van der Waals surface area (Å²) in [5, 5.41) is 8.42. The summed E-state index contributed by atoms with van der Waals surface area (Å²) >= 11 is 1.36. The van der Waals surface area contributed by atoms with Gasteiger partial charge in [-0.1, -0.05) is 11.4 Å². The summed E-state index contributed by atoms with van der Waals surface area (Å²) in [6.45, 7) is 4.88. The van der Waals surface area contributed by atoms with Crippen LogP contribution in [0.1, 0.15) is 19.0 Å². The van der Waals surface area contributed by atoms with E-state index in [0.29, 0.717) is 19.6 Å². The average molecular weight is 290 g/mol. The van der Waals surface area contributed by atoms with Gasteiger partial charge in [0.1, 0.15) is 10.7 Å². The molecule has 18 heavy (non-hydrogen) atoms. The van der Waals surface area contributed by atoms with Crippen LogP contribution in [-0.4, -0.2) is 54.0 Å². The van der Waals surface area contributed by atoms with Gasteiger partial charge in [0.2, 0.25) is 0 Å². The van der Waals surface area contributed by atoms with Gasteiger partial charge in [0.05, 0.1) is 11.5 Å². The minimum absolute atomic E-state index is 0.252. The third-order valence-corrected chi connectivity index (χ3v) is 5.24. The minimum atomic E-state index is -2.81. The van der Waals surface area contributed by atoms with Gasteiger partial charge < -0.3 is 5.32 Å². The van der Waals surface area contributed by atoms with Crippen LogP contribution in [0.2, 0.25) is 0 Å². The standard InChI is InChI=1S/C10H18N4O2S2/c1-2-3-11-10-9(12-13-17-10)8-14-4-6-18(15,16)7-5-14/h11H,2-8H2,1H3. The smallest absolute Gasteiger partial charge is 0.152 e. The van der Waals surface area contributed by atoms with Crippen LogP contribution in [0.15, 0.2) is 0 Å². The molecule has 0 aromatic carbocycles. The molecule has 0 radical (unpaired) electrons. The first-order chi connectivity index (χ1) is 8.61. The van der Waals surface area contributed by atoms with Gasteiger partial charge in [0.25, 0.3) is 0 Å². The number of hydrogen-bond acceptors (Lipinski definition) is 7. The predicted molar refractivity (Wildman–Crippen MR) is 72.6 cm³/mol. The molecule has 0 spiro atoms. The van der Waals surface area contributed by atoms with E-state index in [1.807, 2.05) is 0 Å². The molecule has 1 aliphatic heterocycles. The second-order valence-corrected chi connectivity index (χ2v) is 7.46. The highest BCUT2D eigenvalue weighted by Crippen LogP contribution is 2.20. The van der Waals surface area contributed by atoms with Crippen LogP contribution < -0.4 is 5.32 Å². The van der Waals surface area contributed by atoms with E-state index in [0.717, 1.165) is 23.7 Å². The molecule has 1 aromatic heterocycles. The van der Waals surface area contributed by atoms with Crippen molar-refractivity contribution in [3.63, 3.8) is 0 Å². The molecule has 8 heteroatoms. The van der Waals surface area contributed by atoms with Gasteiger partial charge >= 0.3 is 0 Å². The fraction of sp³-hybridized carbons (Fsp3) is 0.800. The molecular formula is C10H18N4O2S2. The Morgan fingerprint density at radius 1 is 1.39 bits per heavy atom. The Hall–Kier alpha value is -0.730. The van der Waals surface area contributed by atoms with Crippen LogP contribution in [0.5, 0.6) is 0 Å². The maximum Gasteiger partial charge on any atom is 0.152 e. The van der Waals surface area contributed by atoms with E-state index in [-0.39, 0.29) is 11.5 Å². The Morgan fingerprint density at radius 3 is 2.78 bits per heavy atom. The van der Waals surface area contributed by atoms with Crippen LogP contribution in [0.4, 0.5) is 5.00 Å². The molecule has 0 saturated carbocycles. The van der Waals surface area contributed by atoms with Crippen molar-refractivity contribution in [2.24, 2.45) is 0 Å². The zero-order valence-electron chi connectivity index (χ0n) is 10.4. The maximum absolute atomic E-state index is 11.3. The Bertz CT molecular complexity index is 472. The first-order valence-electron chi connectivity index (χ1n) is 6.08. The topological polar surface area (TPSA) is 75.2 Å². The predicted octanol–water partition coefficient (Wildman–Crippen LogP) is 0.590. The van der Waals surface area contributed by atoms with Crippen molar-refractivity contribution in [1.82, 2.24) is 14.5 Å². The van der Waals surface area contributed by atoms with E-state index < -0.39 is 9.84 Å². The van der Waals surface area contributed by atoms with Crippen molar-refractivity contribution in [3.8, 4) is 0 Å². The van der Waals surface area contributed by atoms with E-state index in [2.05, 4.69) is 26.7 Å². The van der Waals surface area contributed by atoms with Gasteiger partial charge in [0, 0.05) is 37.7 Å². The van der Waals surface area contributed by atoms with Crippen LogP contribution >= 0.6 is 11.5 Å². The van der Waals surface area contributed by atoms with Crippen LogP contribution in [-0.2, 0) is 16.4 Å². The third kappa shape index (κ3) is 3.63. The van der Waals surface area contributed by atoms with Crippen molar-refractivity contribution in [2.75, 3.05) is 36.5 Å². The fourth-order valence-corrected chi connectivity index (χ4v) is 3.68. The first kappa shape index (κ1) is 13.7. The second kappa shape index (κ2) is 5.94. The minimum Gasteiger partial charge on any atom is -0.374 e. The molecule has 0 unspecified atom stereocenters. The van der Waals surface area contributed by atoms with Gasteiger partial charge in [-0.2, -0.15) is 0 Å². The fourth-order valence-electron chi connectivity index (χ4n) is 1.81. The number of aromatic nitrogens is 2. The Labute approximate surface area is 111 Å². The Balaban J connectivity index is 1.92. The van der Waals surface area contributed by atoms with E-state index in [9.17, 15) is 8.42 Å². The zero-order valence-corrected chi connectivity index (χ0v) is 12.1. The molecule has 2 rings (SSSR count). The van der Waals surface area contributed by atoms with E-state index >= 15 is 0 Å². The first-order valence-corrected chi connectivity index (χ1v) is 8.68. The van der Waals surface area contributed by atoms with Crippen molar-refractivity contribution in [2.45, 2.75) is 19.9 Å². The summed E-state index contributed by atoms with van der Waals surface area (Å²) in [7, 11) is -2.81. The number of rotatable bonds is 5. The number of hydrogen-bond donors (Lipinski definition) is 1. The van der Waals surface area contributed by atoms with Crippen molar-refractivity contribution >= 4 is 26.4 Å². The summed E-state index contributed by atoms with van der Waals surface area (Å²) in [5.74, 6) is 0.505. The number of nitrogens with one attached hydrogen (secondary N) is 1.